The Balaban J connectivity index is 2.24. The minimum absolute atomic E-state index is 0.967. The Labute approximate surface area is 85.3 Å². The lowest BCUT2D eigenvalue weighted by molar-refractivity contribution is 0.468. The quantitative estimate of drug-likeness (QED) is 0.615. The van der Waals surface area contributed by atoms with Gasteiger partial charge >= 0.3 is 0 Å². The molecule has 0 spiro atoms. The van der Waals surface area contributed by atoms with Crippen LogP contribution in [0.15, 0.2) is 40.9 Å². The van der Waals surface area contributed by atoms with Gasteiger partial charge in [-0.25, -0.2) is 0 Å². The first-order valence-corrected chi connectivity index (χ1v) is 5.17. The van der Waals surface area contributed by atoms with Crippen molar-refractivity contribution in [2.75, 3.05) is 20.1 Å². The highest BCUT2D eigenvalue weighted by Crippen LogP contribution is 2.12. The van der Waals surface area contributed by atoms with Gasteiger partial charge in [0, 0.05) is 25.7 Å². The van der Waals surface area contributed by atoms with E-state index in [4.69, 9.17) is 0 Å². The number of likely N-dealkylation sites (N-methyl/N-ethyl adjacent to an activating group) is 1. The third-order valence-corrected chi connectivity index (χ3v) is 2.51. The van der Waals surface area contributed by atoms with Crippen LogP contribution in [0.25, 0.3) is 0 Å². The van der Waals surface area contributed by atoms with E-state index in [1.807, 2.05) is 0 Å². The first kappa shape index (κ1) is 9.25. The molecule has 0 unspecified atom stereocenters. The van der Waals surface area contributed by atoms with Crippen LogP contribution in [0, 0.1) is 0 Å². The summed E-state index contributed by atoms with van der Waals surface area (Å²) < 4.78 is 0. The van der Waals surface area contributed by atoms with E-state index < -0.39 is 0 Å². The highest BCUT2D eigenvalue weighted by atomic mass is 15.2. The van der Waals surface area contributed by atoms with Gasteiger partial charge in [0.25, 0.3) is 0 Å². The summed E-state index contributed by atoms with van der Waals surface area (Å²) in [5, 5.41) is 0. The van der Waals surface area contributed by atoms with E-state index >= 15 is 0 Å². The van der Waals surface area contributed by atoms with Gasteiger partial charge in [-0.3, -0.25) is 4.99 Å². The topological polar surface area (TPSA) is 15.6 Å². The Morgan fingerprint density at radius 2 is 2.29 bits per heavy atom. The van der Waals surface area contributed by atoms with Crippen molar-refractivity contribution in [3.05, 3.63) is 36.0 Å². The van der Waals surface area contributed by atoms with Crippen LogP contribution < -0.4 is 0 Å². The van der Waals surface area contributed by atoms with Crippen molar-refractivity contribution in [1.82, 2.24) is 4.90 Å². The van der Waals surface area contributed by atoms with Crippen molar-refractivity contribution >= 4 is 5.84 Å². The number of aliphatic imine (C=N–C) groups is 1. The molecular formula is C12H16N2. The van der Waals surface area contributed by atoms with E-state index in [1.54, 1.807) is 0 Å². The second-order valence-corrected chi connectivity index (χ2v) is 3.67. The lowest BCUT2D eigenvalue weighted by Gasteiger charge is -2.25. The van der Waals surface area contributed by atoms with Crippen LogP contribution in [0.4, 0.5) is 0 Å². The molecule has 1 heterocycles. The maximum Gasteiger partial charge on any atom is 0.130 e. The summed E-state index contributed by atoms with van der Waals surface area (Å²) in [5.41, 5.74) is 1.24. The average Bonchev–Trinajstić information content (AvgIpc) is 2.47. The van der Waals surface area contributed by atoms with Crippen LogP contribution in [0.5, 0.6) is 0 Å². The van der Waals surface area contributed by atoms with Crippen LogP contribution in [0.3, 0.4) is 0 Å². The zero-order valence-corrected chi connectivity index (χ0v) is 8.61. The summed E-state index contributed by atoms with van der Waals surface area (Å²) in [4.78, 5) is 6.80. The molecule has 0 aromatic carbocycles. The molecule has 0 aromatic heterocycles. The molecule has 14 heavy (non-hydrogen) atoms. The first-order chi connectivity index (χ1) is 6.88. The molecule has 0 N–H and O–H groups in total. The Morgan fingerprint density at radius 1 is 1.36 bits per heavy atom. The number of amidine groups is 1. The summed E-state index contributed by atoms with van der Waals surface area (Å²) in [6.45, 7) is 2.09. The maximum absolute atomic E-state index is 4.56. The number of rotatable bonds is 1. The number of hydrogen-bond donors (Lipinski definition) is 0. The Kier molecular flexibility index (Phi) is 2.82. The SMILES string of the molecule is CN1CCCN=C1C1=CC=CCC=C1. The van der Waals surface area contributed by atoms with Crippen LogP contribution in [-0.4, -0.2) is 30.9 Å². The molecule has 2 nitrogen and oxygen atoms in total. The van der Waals surface area contributed by atoms with Crippen molar-refractivity contribution in [3.8, 4) is 0 Å². The minimum Gasteiger partial charge on any atom is -0.359 e. The van der Waals surface area contributed by atoms with Gasteiger partial charge in [-0.15, -0.1) is 0 Å². The summed E-state index contributed by atoms with van der Waals surface area (Å²) >= 11 is 0. The third kappa shape index (κ3) is 1.95. The van der Waals surface area contributed by atoms with Crippen LogP contribution in [0.1, 0.15) is 12.8 Å². The largest absolute Gasteiger partial charge is 0.359 e. The second kappa shape index (κ2) is 4.27. The van der Waals surface area contributed by atoms with Gasteiger partial charge in [0.1, 0.15) is 5.84 Å². The van der Waals surface area contributed by atoms with Crippen LogP contribution in [0.2, 0.25) is 0 Å². The molecule has 0 aromatic rings. The fourth-order valence-corrected chi connectivity index (χ4v) is 1.76. The third-order valence-electron chi connectivity index (χ3n) is 2.51. The lowest BCUT2D eigenvalue weighted by atomic mass is 10.1. The van der Waals surface area contributed by atoms with Crippen molar-refractivity contribution in [2.24, 2.45) is 4.99 Å². The molecule has 0 fully saturated rings. The maximum atomic E-state index is 4.56. The van der Waals surface area contributed by atoms with Gasteiger partial charge < -0.3 is 4.90 Å². The second-order valence-electron chi connectivity index (χ2n) is 3.67. The molecule has 2 aliphatic rings. The molecule has 0 saturated heterocycles. The fourth-order valence-electron chi connectivity index (χ4n) is 1.76. The molecule has 1 aliphatic carbocycles. The molecule has 74 valence electrons. The van der Waals surface area contributed by atoms with Crippen molar-refractivity contribution in [2.45, 2.75) is 12.8 Å². The number of nitrogens with zero attached hydrogens (tertiary/aromatic N) is 2. The van der Waals surface area contributed by atoms with Gasteiger partial charge in [-0.05, 0) is 12.8 Å². The van der Waals surface area contributed by atoms with E-state index in [1.165, 1.54) is 12.0 Å². The standard InChI is InChI=1S/C12H16N2/c1-14-10-6-9-13-12(14)11-7-4-2-3-5-8-11/h2,4-5,7-8H,3,6,9-10H2,1H3. The lowest BCUT2D eigenvalue weighted by Crippen LogP contribution is -2.32. The Morgan fingerprint density at radius 3 is 3.14 bits per heavy atom. The summed E-state index contributed by atoms with van der Waals surface area (Å²) in [6.07, 6.45) is 13.0. The predicted octanol–water partition coefficient (Wildman–Crippen LogP) is 2.16. The van der Waals surface area contributed by atoms with E-state index in [9.17, 15) is 0 Å². The van der Waals surface area contributed by atoms with E-state index in [-0.39, 0.29) is 0 Å². The highest BCUT2D eigenvalue weighted by Gasteiger charge is 2.13. The molecule has 2 rings (SSSR count). The highest BCUT2D eigenvalue weighted by molar-refractivity contribution is 6.01. The van der Waals surface area contributed by atoms with Crippen LogP contribution in [-0.2, 0) is 0 Å². The molecule has 0 bridgehead atoms. The fraction of sp³-hybridized carbons (Fsp3) is 0.417. The summed E-state index contributed by atoms with van der Waals surface area (Å²) in [7, 11) is 2.11. The van der Waals surface area contributed by atoms with Gasteiger partial charge in [0.2, 0.25) is 0 Å². The average molecular weight is 188 g/mol. The molecule has 0 radical (unpaired) electrons. The zero-order valence-electron chi connectivity index (χ0n) is 8.61. The molecule has 0 amide bonds. The monoisotopic (exact) mass is 188 g/mol. The minimum atomic E-state index is 0.967. The predicted molar refractivity (Wildman–Crippen MR) is 60.5 cm³/mol. The zero-order chi connectivity index (χ0) is 9.80. The Bertz CT molecular complexity index is 321. The van der Waals surface area contributed by atoms with Gasteiger partial charge in [-0.2, -0.15) is 0 Å². The first-order valence-electron chi connectivity index (χ1n) is 5.17. The smallest absolute Gasteiger partial charge is 0.130 e. The molecule has 0 saturated carbocycles. The van der Waals surface area contributed by atoms with Crippen LogP contribution >= 0.6 is 0 Å². The van der Waals surface area contributed by atoms with Crippen molar-refractivity contribution in [3.63, 3.8) is 0 Å². The molecule has 1 aliphatic heterocycles. The summed E-state index contributed by atoms with van der Waals surface area (Å²) in [5.74, 6) is 1.14. The van der Waals surface area contributed by atoms with Crippen molar-refractivity contribution < 1.29 is 0 Å². The Hall–Kier alpha value is -1.31. The number of allylic oxidation sites excluding steroid dienone is 4. The molecule has 0 atom stereocenters. The normalized spacial score (nSPS) is 21.6. The summed E-state index contributed by atoms with van der Waals surface area (Å²) in [6, 6.07) is 0. The van der Waals surface area contributed by atoms with E-state index in [2.05, 4.69) is 47.3 Å². The van der Waals surface area contributed by atoms with E-state index in [0.29, 0.717) is 0 Å². The molecular weight excluding hydrogens is 172 g/mol. The number of hydrogen-bond acceptors (Lipinski definition) is 2. The van der Waals surface area contributed by atoms with Gasteiger partial charge in [-0.1, -0.05) is 30.4 Å². The van der Waals surface area contributed by atoms with Gasteiger partial charge in [0.05, 0.1) is 0 Å². The van der Waals surface area contributed by atoms with E-state index in [0.717, 1.165) is 25.3 Å². The molecule has 2 heteroatoms. The van der Waals surface area contributed by atoms with Crippen molar-refractivity contribution in [1.29, 1.82) is 0 Å². The van der Waals surface area contributed by atoms with Gasteiger partial charge in [0.15, 0.2) is 0 Å².